The number of carbonyl (C=O) groups is 3. The minimum absolute atomic E-state index is 0.107. The van der Waals surface area contributed by atoms with Gasteiger partial charge in [0, 0.05) is 42.6 Å². The Kier molecular flexibility index (Phi) is 7.81. The van der Waals surface area contributed by atoms with E-state index in [0.29, 0.717) is 42.8 Å². The summed E-state index contributed by atoms with van der Waals surface area (Å²) in [6.07, 6.45) is 7.03. The van der Waals surface area contributed by atoms with E-state index in [1.807, 2.05) is 66.7 Å². The number of aromatic nitrogens is 1. The molecule has 2 saturated carbocycles. The van der Waals surface area contributed by atoms with Crippen molar-refractivity contribution in [2.45, 2.75) is 50.2 Å². The molecule has 2 aliphatic carbocycles. The third-order valence-electron chi connectivity index (χ3n) is 9.12. The van der Waals surface area contributed by atoms with Gasteiger partial charge in [-0.1, -0.05) is 42.5 Å². The number of ether oxygens (including phenoxy) is 2. The summed E-state index contributed by atoms with van der Waals surface area (Å²) in [5, 5.41) is 13.7. The van der Waals surface area contributed by atoms with Crippen molar-refractivity contribution in [2.75, 3.05) is 20.7 Å². The number of carboxylic acid groups (broad SMARTS) is 1. The maximum absolute atomic E-state index is 13.7. The highest BCUT2D eigenvalue weighted by Crippen LogP contribution is 2.46. The smallest absolute Gasteiger partial charge is 0.330 e. The van der Waals surface area contributed by atoms with Gasteiger partial charge >= 0.3 is 5.97 Å². The molecule has 5 unspecified atom stereocenters. The van der Waals surface area contributed by atoms with Crippen LogP contribution in [0.3, 0.4) is 0 Å². The number of hydrogen-bond donors (Lipinski definition) is 2. The molecule has 2 amide bonds. The molecule has 1 aromatic heterocycles. The third-order valence-corrected chi connectivity index (χ3v) is 9.12. The summed E-state index contributed by atoms with van der Waals surface area (Å²) in [7, 11) is 3.38. The highest BCUT2D eigenvalue weighted by atomic mass is 16.5. The van der Waals surface area contributed by atoms with Crippen molar-refractivity contribution in [3.63, 3.8) is 0 Å². The van der Waals surface area contributed by atoms with Crippen molar-refractivity contribution < 1.29 is 29.0 Å². The molecule has 0 spiro atoms. The molecule has 2 fully saturated rings. The van der Waals surface area contributed by atoms with Crippen molar-refractivity contribution in [3.8, 4) is 22.8 Å². The number of amides is 2. The van der Waals surface area contributed by atoms with E-state index in [0.717, 1.165) is 35.9 Å². The first-order chi connectivity index (χ1) is 20.8. The number of nitrogens with one attached hydrogen (secondary N) is 1. The molecule has 6 rings (SSSR count). The van der Waals surface area contributed by atoms with Crippen LogP contribution in [0.1, 0.15) is 38.5 Å². The lowest BCUT2D eigenvalue weighted by atomic mass is 9.93. The van der Waals surface area contributed by atoms with E-state index >= 15 is 0 Å². The van der Waals surface area contributed by atoms with Crippen molar-refractivity contribution in [3.05, 3.63) is 66.7 Å². The van der Waals surface area contributed by atoms with E-state index in [2.05, 4.69) is 5.32 Å². The summed E-state index contributed by atoms with van der Waals surface area (Å²) in [6.45, 7) is 0.600. The highest BCUT2D eigenvalue weighted by molar-refractivity contribution is 5.94. The fourth-order valence-electron chi connectivity index (χ4n) is 6.53. The van der Waals surface area contributed by atoms with Crippen LogP contribution in [0.4, 0.5) is 0 Å². The maximum Gasteiger partial charge on any atom is 0.330 e. The lowest BCUT2D eigenvalue weighted by Gasteiger charge is -2.26. The Hall–Kier alpha value is -4.40. The van der Waals surface area contributed by atoms with E-state index in [4.69, 9.17) is 14.5 Å². The van der Waals surface area contributed by atoms with Gasteiger partial charge in [0.15, 0.2) is 0 Å². The van der Waals surface area contributed by atoms with Crippen LogP contribution in [0.2, 0.25) is 0 Å². The number of hydrogen-bond acceptors (Lipinski definition) is 6. The Morgan fingerprint density at radius 2 is 1.86 bits per heavy atom. The van der Waals surface area contributed by atoms with Crippen molar-refractivity contribution in [1.29, 1.82) is 0 Å². The van der Waals surface area contributed by atoms with Crippen molar-refractivity contribution in [2.24, 2.45) is 17.8 Å². The molecule has 5 atom stereocenters. The molecule has 0 saturated heterocycles. The molecule has 2 aromatic carbocycles. The summed E-state index contributed by atoms with van der Waals surface area (Å²) >= 11 is 0. The number of methoxy groups -OCH3 is 1. The Bertz CT molecular complexity index is 1570. The zero-order chi connectivity index (χ0) is 30.1. The molecule has 0 radical (unpaired) electrons. The van der Waals surface area contributed by atoms with Gasteiger partial charge in [0.05, 0.1) is 30.2 Å². The van der Waals surface area contributed by atoms with Gasteiger partial charge in [-0.15, -0.1) is 0 Å². The largest absolute Gasteiger partial charge is 0.497 e. The van der Waals surface area contributed by atoms with E-state index in [9.17, 15) is 19.5 Å². The molecule has 2 N–H and O–H groups in total. The second-order valence-electron chi connectivity index (χ2n) is 11.9. The van der Waals surface area contributed by atoms with Crippen LogP contribution < -0.4 is 14.8 Å². The Balaban J connectivity index is 1.32. The lowest BCUT2D eigenvalue weighted by Crippen LogP contribution is -2.49. The Morgan fingerprint density at radius 3 is 2.63 bits per heavy atom. The monoisotopic (exact) mass is 583 g/mol. The van der Waals surface area contributed by atoms with Gasteiger partial charge in [-0.25, -0.2) is 9.78 Å². The van der Waals surface area contributed by atoms with E-state index < -0.39 is 35.4 Å². The number of benzene rings is 2. The van der Waals surface area contributed by atoms with Crippen molar-refractivity contribution >= 4 is 28.7 Å². The molecule has 1 aliphatic heterocycles. The first kappa shape index (κ1) is 28.7. The molecule has 9 nitrogen and oxygen atoms in total. The molecule has 3 aliphatic rings. The van der Waals surface area contributed by atoms with Crippen LogP contribution in [0, 0.1) is 17.8 Å². The number of rotatable bonds is 5. The van der Waals surface area contributed by atoms with Gasteiger partial charge in [-0.05, 0) is 50.7 Å². The second-order valence-corrected chi connectivity index (χ2v) is 11.9. The first-order valence-corrected chi connectivity index (χ1v) is 15.0. The number of aliphatic carboxylic acids is 1. The topological polar surface area (TPSA) is 118 Å². The molecular weight excluding hydrogens is 546 g/mol. The fraction of sp³-hybridized carbons (Fsp3) is 0.412. The SMILES string of the molecule is COc1ccc2c(OC3CC4C(=O)NC5(C(=O)O)CC5C=CCCCCN(C)C(=O)C4C3)cc(-c3ccccc3)nc2c1. The molecule has 9 heteroatoms. The van der Waals surface area contributed by atoms with Crippen LogP contribution in [0.5, 0.6) is 11.5 Å². The van der Waals surface area contributed by atoms with E-state index in [-0.39, 0.29) is 11.8 Å². The standard InChI is InChI=1S/C34H37N3O6/c1-37-15-9-4-3-8-12-22-20-34(22,33(40)41)36-31(38)26-16-24(17-27(26)32(37)39)43-30-19-28(21-10-6-5-7-11-21)35-29-18-23(42-2)13-14-25(29)30/h5-8,10-14,18-19,22,24,26-27H,3-4,9,15-17,20H2,1-2H3,(H,36,38)(H,40,41). The summed E-state index contributed by atoms with van der Waals surface area (Å²) < 4.78 is 12.1. The second kappa shape index (κ2) is 11.7. The number of carbonyl (C=O) groups excluding carboxylic acids is 2. The van der Waals surface area contributed by atoms with Crippen molar-refractivity contribution in [1.82, 2.24) is 15.2 Å². The minimum Gasteiger partial charge on any atom is -0.497 e. The number of fused-ring (bicyclic) bond motifs is 3. The average molecular weight is 584 g/mol. The van der Waals surface area contributed by atoms with Crippen LogP contribution in [-0.2, 0) is 14.4 Å². The van der Waals surface area contributed by atoms with Crippen LogP contribution in [0.15, 0.2) is 66.7 Å². The zero-order valence-corrected chi connectivity index (χ0v) is 24.5. The van der Waals surface area contributed by atoms with Crippen LogP contribution in [0.25, 0.3) is 22.2 Å². The predicted octanol–water partition coefficient (Wildman–Crippen LogP) is 4.84. The number of pyridine rings is 1. The summed E-state index contributed by atoms with van der Waals surface area (Å²) in [6, 6.07) is 17.3. The maximum atomic E-state index is 13.7. The van der Waals surface area contributed by atoms with Gasteiger partial charge in [0.25, 0.3) is 0 Å². The van der Waals surface area contributed by atoms with E-state index in [1.165, 1.54) is 0 Å². The molecular formula is C34H37N3O6. The van der Waals surface area contributed by atoms with Crippen LogP contribution in [-0.4, -0.2) is 65.1 Å². The molecule has 2 heterocycles. The zero-order valence-electron chi connectivity index (χ0n) is 24.5. The Morgan fingerprint density at radius 1 is 1.07 bits per heavy atom. The highest BCUT2D eigenvalue weighted by Gasteiger charge is 2.61. The molecule has 3 aromatic rings. The Labute approximate surface area is 250 Å². The van der Waals surface area contributed by atoms with Gasteiger partial charge in [-0.2, -0.15) is 0 Å². The quantitative estimate of drug-likeness (QED) is 0.413. The fourth-order valence-corrected chi connectivity index (χ4v) is 6.53. The summed E-state index contributed by atoms with van der Waals surface area (Å²) in [5.74, 6) is -1.83. The lowest BCUT2D eigenvalue weighted by molar-refractivity contribution is -0.145. The van der Waals surface area contributed by atoms with Gasteiger partial charge in [-0.3, -0.25) is 9.59 Å². The number of nitrogens with zero attached hydrogens (tertiary/aromatic N) is 2. The van der Waals surface area contributed by atoms with Crippen LogP contribution >= 0.6 is 0 Å². The molecule has 43 heavy (non-hydrogen) atoms. The first-order valence-electron chi connectivity index (χ1n) is 15.0. The van der Waals surface area contributed by atoms with E-state index in [1.54, 1.807) is 19.1 Å². The third kappa shape index (κ3) is 5.68. The van der Waals surface area contributed by atoms with Gasteiger partial charge < -0.3 is 24.8 Å². The number of carboxylic acids is 1. The molecule has 0 bridgehead atoms. The van der Waals surface area contributed by atoms with Gasteiger partial charge in [0.2, 0.25) is 11.8 Å². The normalized spacial score (nSPS) is 27.5. The minimum atomic E-state index is -1.32. The average Bonchev–Trinajstić information content (AvgIpc) is 3.55. The molecule has 224 valence electrons. The number of allylic oxidation sites excluding steroid dienone is 1. The van der Waals surface area contributed by atoms with Gasteiger partial charge in [0.1, 0.15) is 23.1 Å². The predicted molar refractivity (Wildman–Crippen MR) is 162 cm³/mol. The summed E-state index contributed by atoms with van der Waals surface area (Å²) in [5.41, 5.74) is 1.05. The summed E-state index contributed by atoms with van der Waals surface area (Å²) in [4.78, 5) is 46.3.